The van der Waals surface area contributed by atoms with Crippen LogP contribution in [0.3, 0.4) is 0 Å². The number of methoxy groups -OCH3 is 1. The van der Waals surface area contributed by atoms with Gasteiger partial charge in [-0.25, -0.2) is 0 Å². The Bertz CT molecular complexity index is 282. The Morgan fingerprint density at radius 1 is 1.62 bits per heavy atom. The zero-order chi connectivity index (χ0) is 9.10. The summed E-state index contributed by atoms with van der Waals surface area (Å²) in [6.45, 7) is 1.10. The highest BCUT2D eigenvalue weighted by Crippen LogP contribution is 2.23. The van der Waals surface area contributed by atoms with Crippen LogP contribution in [0.4, 0.5) is 0 Å². The lowest BCUT2D eigenvalue weighted by Crippen LogP contribution is -2.14. The maximum Gasteiger partial charge on any atom is 0.122 e. The molecule has 0 spiro atoms. The van der Waals surface area contributed by atoms with Crippen molar-refractivity contribution in [2.45, 2.75) is 18.9 Å². The molecule has 1 N–H and O–H groups in total. The molecule has 3 nitrogen and oxygen atoms in total. The highest BCUT2D eigenvalue weighted by molar-refractivity contribution is 5.24. The van der Waals surface area contributed by atoms with Gasteiger partial charge in [-0.2, -0.15) is 0 Å². The van der Waals surface area contributed by atoms with Gasteiger partial charge in [-0.1, -0.05) is 0 Å². The van der Waals surface area contributed by atoms with Crippen LogP contribution < -0.4 is 10.1 Å². The Morgan fingerprint density at radius 3 is 3.23 bits per heavy atom. The van der Waals surface area contributed by atoms with Gasteiger partial charge in [0.2, 0.25) is 0 Å². The van der Waals surface area contributed by atoms with Crippen LogP contribution >= 0.6 is 0 Å². The van der Waals surface area contributed by atoms with Crippen LogP contribution in [0.1, 0.15) is 24.6 Å². The van der Waals surface area contributed by atoms with Crippen LogP contribution in [0.25, 0.3) is 0 Å². The molecule has 2 heterocycles. The van der Waals surface area contributed by atoms with Gasteiger partial charge in [0.25, 0.3) is 0 Å². The first kappa shape index (κ1) is 8.51. The summed E-state index contributed by atoms with van der Waals surface area (Å²) in [4.78, 5) is 4.33. The minimum Gasteiger partial charge on any atom is -0.497 e. The van der Waals surface area contributed by atoms with Crippen molar-refractivity contribution in [1.82, 2.24) is 10.3 Å². The Balaban J connectivity index is 2.18. The van der Waals surface area contributed by atoms with E-state index in [9.17, 15) is 0 Å². The standard InChI is InChI=1S/C10H14N2O/c1-13-8-4-6-12-10(7-8)9-3-2-5-11-9/h4,6-7,9,11H,2-3,5H2,1H3. The van der Waals surface area contributed by atoms with E-state index in [0.717, 1.165) is 18.0 Å². The second-order valence-electron chi connectivity index (χ2n) is 3.27. The van der Waals surface area contributed by atoms with Gasteiger partial charge in [0, 0.05) is 18.3 Å². The first-order valence-electron chi connectivity index (χ1n) is 4.63. The van der Waals surface area contributed by atoms with E-state index in [1.165, 1.54) is 12.8 Å². The number of aromatic nitrogens is 1. The molecule has 0 saturated carbocycles. The number of hydrogen-bond acceptors (Lipinski definition) is 3. The molecule has 1 saturated heterocycles. The third-order valence-corrected chi connectivity index (χ3v) is 2.41. The molecule has 2 rings (SSSR count). The Hall–Kier alpha value is -1.09. The molecule has 0 bridgehead atoms. The maximum absolute atomic E-state index is 5.15. The first-order chi connectivity index (χ1) is 6.40. The molecule has 70 valence electrons. The summed E-state index contributed by atoms with van der Waals surface area (Å²) < 4.78 is 5.15. The first-order valence-corrected chi connectivity index (χ1v) is 4.63. The van der Waals surface area contributed by atoms with Crippen LogP contribution in [0.15, 0.2) is 18.3 Å². The van der Waals surface area contributed by atoms with Crippen LogP contribution in [0.2, 0.25) is 0 Å². The molecule has 1 aliphatic heterocycles. The molecule has 1 aromatic rings. The lowest BCUT2D eigenvalue weighted by Gasteiger charge is -2.09. The molecule has 0 aromatic carbocycles. The Kier molecular flexibility index (Phi) is 2.45. The molecular weight excluding hydrogens is 164 g/mol. The van der Waals surface area contributed by atoms with Crippen molar-refractivity contribution in [2.24, 2.45) is 0 Å². The lowest BCUT2D eigenvalue weighted by molar-refractivity contribution is 0.412. The predicted octanol–water partition coefficient (Wildman–Crippen LogP) is 1.51. The van der Waals surface area contributed by atoms with Gasteiger partial charge in [-0.3, -0.25) is 4.98 Å². The zero-order valence-electron chi connectivity index (χ0n) is 7.79. The number of rotatable bonds is 2. The molecule has 1 fully saturated rings. The van der Waals surface area contributed by atoms with Crippen molar-refractivity contribution in [2.75, 3.05) is 13.7 Å². The molecule has 1 aliphatic rings. The molecular formula is C10H14N2O. The van der Waals surface area contributed by atoms with Crippen LogP contribution in [-0.4, -0.2) is 18.6 Å². The van der Waals surface area contributed by atoms with Crippen molar-refractivity contribution in [3.8, 4) is 5.75 Å². The van der Waals surface area contributed by atoms with Crippen molar-refractivity contribution in [1.29, 1.82) is 0 Å². The van der Waals surface area contributed by atoms with Gasteiger partial charge in [-0.05, 0) is 25.5 Å². The zero-order valence-corrected chi connectivity index (χ0v) is 7.79. The van der Waals surface area contributed by atoms with Gasteiger partial charge in [-0.15, -0.1) is 0 Å². The van der Waals surface area contributed by atoms with E-state index in [2.05, 4.69) is 10.3 Å². The van der Waals surface area contributed by atoms with E-state index in [0.29, 0.717) is 6.04 Å². The normalized spacial score (nSPS) is 21.8. The van der Waals surface area contributed by atoms with Gasteiger partial charge < -0.3 is 10.1 Å². The van der Waals surface area contributed by atoms with Gasteiger partial charge in [0.15, 0.2) is 0 Å². The Labute approximate surface area is 78.1 Å². The van der Waals surface area contributed by atoms with E-state index < -0.39 is 0 Å². The summed E-state index contributed by atoms with van der Waals surface area (Å²) in [6, 6.07) is 4.30. The second kappa shape index (κ2) is 3.75. The molecule has 13 heavy (non-hydrogen) atoms. The van der Waals surface area contributed by atoms with Crippen molar-refractivity contribution >= 4 is 0 Å². The average Bonchev–Trinajstić information content (AvgIpc) is 2.71. The maximum atomic E-state index is 5.15. The quantitative estimate of drug-likeness (QED) is 0.745. The fraction of sp³-hybridized carbons (Fsp3) is 0.500. The SMILES string of the molecule is COc1ccnc(C2CCCN2)c1. The van der Waals surface area contributed by atoms with E-state index >= 15 is 0 Å². The highest BCUT2D eigenvalue weighted by atomic mass is 16.5. The highest BCUT2D eigenvalue weighted by Gasteiger charge is 2.17. The van der Waals surface area contributed by atoms with Gasteiger partial charge >= 0.3 is 0 Å². The minimum atomic E-state index is 0.426. The van der Waals surface area contributed by atoms with Crippen LogP contribution in [-0.2, 0) is 0 Å². The summed E-state index contributed by atoms with van der Waals surface area (Å²) in [5, 5.41) is 3.41. The lowest BCUT2D eigenvalue weighted by atomic mass is 10.1. The fourth-order valence-electron chi connectivity index (χ4n) is 1.68. The number of pyridine rings is 1. The minimum absolute atomic E-state index is 0.426. The monoisotopic (exact) mass is 178 g/mol. The predicted molar refractivity (Wildman–Crippen MR) is 50.8 cm³/mol. The van der Waals surface area contributed by atoms with E-state index in [1.807, 2.05) is 12.1 Å². The third kappa shape index (κ3) is 1.80. The number of ether oxygens (including phenoxy) is 1. The summed E-state index contributed by atoms with van der Waals surface area (Å²) in [5.41, 5.74) is 1.09. The molecule has 3 heteroatoms. The summed E-state index contributed by atoms with van der Waals surface area (Å²) in [6.07, 6.45) is 4.22. The number of hydrogen-bond donors (Lipinski definition) is 1. The summed E-state index contributed by atoms with van der Waals surface area (Å²) in [5.74, 6) is 0.888. The fourth-order valence-corrected chi connectivity index (χ4v) is 1.68. The smallest absolute Gasteiger partial charge is 0.122 e. The molecule has 0 radical (unpaired) electrons. The van der Waals surface area contributed by atoms with E-state index in [4.69, 9.17) is 4.74 Å². The van der Waals surface area contributed by atoms with Crippen LogP contribution in [0, 0.1) is 0 Å². The second-order valence-corrected chi connectivity index (χ2v) is 3.27. The van der Waals surface area contributed by atoms with Crippen molar-refractivity contribution in [3.63, 3.8) is 0 Å². The van der Waals surface area contributed by atoms with Crippen molar-refractivity contribution in [3.05, 3.63) is 24.0 Å². The number of nitrogens with zero attached hydrogens (tertiary/aromatic N) is 1. The van der Waals surface area contributed by atoms with Crippen molar-refractivity contribution < 1.29 is 4.74 Å². The van der Waals surface area contributed by atoms with E-state index in [1.54, 1.807) is 13.3 Å². The summed E-state index contributed by atoms with van der Waals surface area (Å²) >= 11 is 0. The Morgan fingerprint density at radius 2 is 2.54 bits per heavy atom. The molecule has 0 amide bonds. The summed E-state index contributed by atoms with van der Waals surface area (Å²) in [7, 11) is 1.68. The van der Waals surface area contributed by atoms with Gasteiger partial charge in [0.05, 0.1) is 12.8 Å². The molecule has 0 aliphatic carbocycles. The largest absolute Gasteiger partial charge is 0.497 e. The van der Waals surface area contributed by atoms with E-state index in [-0.39, 0.29) is 0 Å². The van der Waals surface area contributed by atoms with Gasteiger partial charge in [0.1, 0.15) is 5.75 Å². The topological polar surface area (TPSA) is 34.1 Å². The molecule has 1 unspecified atom stereocenters. The molecule has 1 atom stereocenters. The van der Waals surface area contributed by atoms with Crippen LogP contribution in [0.5, 0.6) is 5.75 Å². The average molecular weight is 178 g/mol. The number of nitrogens with one attached hydrogen (secondary N) is 1. The third-order valence-electron chi connectivity index (χ3n) is 2.41. The molecule has 1 aromatic heterocycles.